The molecule has 1 aliphatic heterocycles. The highest BCUT2D eigenvalue weighted by Crippen LogP contribution is 2.32. The van der Waals surface area contributed by atoms with Gasteiger partial charge in [-0.2, -0.15) is 0 Å². The molecule has 1 N–H and O–H groups in total. The lowest BCUT2D eigenvalue weighted by Crippen LogP contribution is -2.28. The zero-order valence-corrected chi connectivity index (χ0v) is 16.2. The number of anilines is 2. The fourth-order valence-electron chi connectivity index (χ4n) is 3.91. The molecule has 0 aromatic heterocycles. The Morgan fingerprint density at radius 1 is 1.00 bits per heavy atom. The van der Waals surface area contributed by atoms with Crippen molar-refractivity contribution in [3.63, 3.8) is 0 Å². The number of nitrogens with one attached hydrogen (secondary N) is 1. The Balaban J connectivity index is 1.56. The van der Waals surface area contributed by atoms with Gasteiger partial charge in [0.2, 0.25) is 11.8 Å². The summed E-state index contributed by atoms with van der Waals surface area (Å²) in [4.78, 5) is 27.3. The topological polar surface area (TPSA) is 49.4 Å². The van der Waals surface area contributed by atoms with E-state index in [0.717, 1.165) is 27.7 Å². The lowest BCUT2D eigenvalue weighted by atomic mass is 10.0. The van der Waals surface area contributed by atoms with E-state index in [4.69, 9.17) is 0 Å². The summed E-state index contributed by atoms with van der Waals surface area (Å²) in [6, 6.07) is 21.8. The van der Waals surface area contributed by atoms with Crippen molar-refractivity contribution in [1.29, 1.82) is 0 Å². The van der Waals surface area contributed by atoms with Gasteiger partial charge in [0.25, 0.3) is 0 Å². The number of carbonyl (C=O) groups is 2. The third kappa shape index (κ3) is 3.38. The van der Waals surface area contributed by atoms with Crippen LogP contribution >= 0.6 is 0 Å². The molecule has 1 saturated heterocycles. The van der Waals surface area contributed by atoms with E-state index in [1.165, 1.54) is 0 Å². The molecule has 0 bridgehead atoms. The van der Waals surface area contributed by atoms with Gasteiger partial charge in [-0.05, 0) is 29.0 Å². The molecule has 1 atom stereocenters. The number of amides is 2. The van der Waals surface area contributed by atoms with Crippen molar-refractivity contribution in [3.05, 3.63) is 72.3 Å². The Kier molecular flexibility index (Phi) is 4.86. The lowest BCUT2D eigenvalue weighted by Gasteiger charge is -2.19. The van der Waals surface area contributed by atoms with Gasteiger partial charge in [0.1, 0.15) is 0 Å². The van der Waals surface area contributed by atoms with Crippen molar-refractivity contribution in [2.75, 3.05) is 16.8 Å². The van der Waals surface area contributed by atoms with E-state index in [9.17, 15) is 9.59 Å². The second-order valence-electron chi connectivity index (χ2n) is 7.63. The first-order valence-electron chi connectivity index (χ1n) is 9.72. The van der Waals surface area contributed by atoms with Gasteiger partial charge in [-0.3, -0.25) is 9.59 Å². The Bertz CT molecular complexity index is 1040. The number of nitrogens with zero attached hydrogens (tertiary/aromatic N) is 1. The van der Waals surface area contributed by atoms with Crippen molar-refractivity contribution in [3.8, 4) is 0 Å². The first-order chi connectivity index (χ1) is 13.5. The highest BCUT2D eigenvalue weighted by molar-refractivity contribution is 6.08. The molecular formula is C24H24N2O2. The van der Waals surface area contributed by atoms with E-state index in [-0.39, 0.29) is 24.2 Å². The van der Waals surface area contributed by atoms with Crippen LogP contribution in [0.4, 0.5) is 11.4 Å². The molecule has 1 heterocycles. The summed E-state index contributed by atoms with van der Waals surface area (Å²) in [6.45, 7) is 4.61. The Hall–Kier alpha value is -3.14. The molecule has 0 spiro atoms. The molecule has 28 heavy (non-hydrogen) atoms. The summed E-state index contributed by atoms with van der Waals surface area (Å²) in [6.07, 6.45) is 0.235. The minimum Gasteiger partial charge on any atom is -0.326 e. The molecule has 142 valence electrons. The summed E-state index contributed by atoms with van der Waals surface area (Å²) in [7, 11) is 0. The van der Waals surface area contributed by atoms with Gasteiger partial charge in [-0.15, -0.1) is 0 Å². The summed E-state index contributed by atoms with van der Waals surface area (Å²) < 4.78 is 0. The third-order valence-electron chi connectivity index (χ3n) is 5.39. The number of hydrogen-bond acceptors (Lipinski definition) is 2. The van der Waals surface area contributed by atoms with Gasteiger partial charge in [0, 0.05) is 24.0 Å². The monoisotopic (exact) mass is 372 g/mol. The van der Waals surface area contributed by atoms with Gasteiger partial charge in [0.15, 0.2) is 0 Å². The lowest BCUT2D eigenvalue weighted by molar-refractivity contribution is -0.122. The van der Waals surface area contributed by atoms with Gasteiger partial charge >= 0.3 is 0 Å². The minimum atomic E-state index is -0.355. The smallest absolute Gasteiger partial charge is 0.229 e. The van der Waals surface area contributed by atoms with Crippen molar-refractivity contribution in [2.45, 2.75) is 26.2 Å². The Morgan fingerprint density at radius 3 is 2.54 bits per heavy atom. The Morgan fingerprint density at radius 2 is 1.71 bits per heavy atom. The van der Waals surface area contributed by atoms with Crippen molar-refractivity contribution < 1.29 is 9.59 Å². The molecule has 4 heteroatoms. The van der Waals surface area contributed by atoms with Crippen LogP contribution in [0.25, 0.3) is 10.8 Å². The predicted molar refractivity (Wildman–Crippen MR) is 114 cm³/mol. The molecule has 3 aromatic carbocycles. The van der Waals surface area contributed by atoms with Crippen molar-refractivity contribution in [2.24, 2.45) is 5.92 Å². The van der Waals surface area contributed by atoms with E-state index in [2.05, 4.69) is 19.2 Å². The molecule has 0 saturated carbocycles. The molecule has 2 amide bonds. The maximum atomic E-state index is 12.9. The van der Waals surface area contributed by atoms with Crippen molar-refractivity contribution >= 4 is 34.0 Å². The number of rotatable bonds is 4. The average molecular weight is 372 g/mol. The number of benzene rings is 3. The zero-order valence-electron chi connectivity index (χ0n) is 16.2. The molecule has 1 aliphatic rings. The van der Waals surface area contributed by atoms with E-state index in [1.54, 1.807) is 4.90 Å². The van der Waals surface area contributed by atoms with Crippen LogP contribution in [0.1, 0.15) is 31.7 Å². The highest BCUT2D eigenvalue weighted by Gasteiger charge is 2.35. The second kappa shape index (κ2) is 7.47. The molecule has 1 unspecified atom stereocenters. The molecule has 0 aliphatic carbocycles. The largest absolute Gasteiger partial charge is 0.326 e. The average Bonchev–Trinajstić information content (AvgIpc) is 3.09. The zero-order chi connectivity index (χ0) is 19.7. The van der Waals surface area contributed by atoms with E-state index in [1.807, 2.05) is 66.7 Å². The standard InChI is InChI=1S/C24H24N2O2/c1-16(2)19-10-5-6-12-21(19)25-24(28)18-14-23(27)26(15-18)22-13-7-9-17-8-3-4-11-20(17)22/h3-13,16,18H,14-15H2,1-2H3,(H,25,28). The quantitative estimate of drug-likeness (QED) is 0.704. The molecule has 0 radical (unpaired) electrons. The van der Waals surface area contributed by atoms with Crippen LogP contribution < -0.4 is 10.2 Å². The summed E-state index contributed by atoms with van der Waals surface area (Å²) in [5, 5.41) is 5.17. The van der Waals surface area contributed by atoms with Crippen LogP contribution in [-0.4, -0.2) is 18.4 Å². The highest BCUT2D eigenvalue weighted by atomic mass is 16.2. The number of para-hydroxylation sites is 1. The molecular weight excluding hydrogens is 348 g/mol. The summed E-state index contributed by atoms with van der Waals surface area (Å²) in [5.41, 5.74) is 2.81. The van der Waals surface area contributed by atoms with Crippen LogP contribution in [-0.2, 0) is 9.59 Å². The number of carbonyl (C=O) groups excluding carboxylic acids is 2. The van der Waals surface area contributed by atoms with E-state index < -0.39 is 0 Å². The van der Waals surface area contributed by atoms with Crippen LogP contribution in [0.3, 0.4) is 0 Å². The van der Waals surface area contributed by atoms with Gasteiger partial charge in [-0.1, -0.05) is 68.4 Å². The van der Waals surface area contributed by atoms with Gasteiger partial charge < -0.3 is 10.2 Å². The van der Waals surface area contributed by atoms with Crippen molar-refractivity contribution in [1.82, 2.24) is 0 Å². The predicted octanol–water partition coefficient (Wildman–Crippen LogP) is 4.95. The fraction of sp³-hybridized carbons (Fsp3) is 0.250. The molecule has 4 nitrogen and oxygen atoms in total. The number of hydrogen-bond donors (Lipinski definition) is 1. The maximum absolute atomic E-state index is 12.9. The maximum Gasteiger partial charge on any atom is 0.229 e. The van der Waals surface area contributed by atoms with Gasteiger partial charge in [0.05, 0.1) is 11.6 Å². The molecule has 4 rings (SSSR count). The number of fused-ring (bicyclic) bond motifs is 1. The second-order valence-corrected chi connectivity index (χ2v) is 7.63. The fourth-order valence-corrected chi connectivity index (χ4v) is 3.91. The van der Waals surface area contributed by atoms with E-state index in [0.29, 0.717) is 12.5 Å². The summed E-state index contributed by atoms with van der Waals surface area (Å²) in [5.74, 6) is -0.140. The normalized spacial score (nSPS) is 16.8. The summed E-state index contributed by atoms with van der Waals surface area (Å²) >= 11 is 0. The van der Waals surface area contributed by atoms with Crippen LogP contribution in [0.2, 0.25) is 0 Å². The minimum absolute atomic E-state index is 0.00588. The third-order valence-corrected chi connectivity index (χ3v) is 5.39. The van der Waals surface area contributed by atoms with E-state index >= 15 is 0 Å². The van der Waals surface area contributed by atoms with Crippen LogP contribution in [0, 0.1) is 5.92 Å². The Labute approximate surface area is 165 Å². The SMILES string of the molecule is CC(C)c1ccccc1NC(=O)C1CC(=O)N(c2cccc3ccccc23)C1. The first-order valence-corrected chi connectivity index (χ1v) is 9.72. The van der Waals surface area contributed by atoms with Crippen LogP contribution in [0.15, 0.2) is 66.7 Å². The molecule has 3 aromatic rings. The molecule has 1 fully saturated rings. The first kappa shape index (κ1) is 18.2. The van der Waals surface area contributed by atoms with Gasteiger partial charge in [-0.25, -0.2) is 0 Å². The van der Waals surface area contributed by atoms with Crippen LogP contribution in [0.5, 0.6) is 0 Å².